The number of aryl methyl sites for hydroxylation is 1. The van der Waals surface area contributed by atoms with Crippen LogP contribution >= 0.6 is 0 Å². The predicted molar refractivity (Wildman–Crippen MR) is 144 cm³/mol. The second-order valence-corrected chi connectivity index (χ2v) is 9.80. The number of aromatic nitrogens is 5. The molecule has 6 rings (SSSR count). The van der Waals surface area contributed by atoms with Gasteiger partial charge in [-0.15, -0.1) is 0 Å². The molecule has 1 aromatic carbocycles. The first-order valence-electron chi connectivity index (χ1n) is 12.8. The Bertz CT molecular complexity index is 1470. The molecule has 1 saturated carbocycles. The molecule has 0 atom stereocenters. The van der Waals surface area contributed by atoms with Gasteiger partial charge in [-0.05, 0) is 50.1 Å². The second-order valence-electron chi connectivity index (χ2n) is 9.80. The van der Waals surface area contributed by atoms with Gasteiger partial charge in [-0.1, -0.05) is 19.1 Å². The van der Waals surface area contributed by atoms with Gasteiger partial charge < -0.3 is 20.1 Å². The number of nitrogens with zero attached hydrogens (tertiary/aromatic N) is 6. The monoisotopic (exact) mass is 494 g/mol. The van der Waals surface area contributed by atoms with Crippen molar-refractivity contribution in [3.63, 3.8) is 0 Å². The lowest BCUT2D eigenvalue weighted by molar-refractivity contribution is -0.139. The first kappa shape index (κ1) is 23.1. The van der Waals surface area contributed by atoms with E-state index < -0.39 is 0 Å². The molecule has 4 aromatic rings. The number of amides is 1. The Kier molecular flexibility index (Phi) is 6.04. The lowest BCUT2D eigenvalue weighted by atomic mass is 9.84. The summed E-state index contributed by atoms with van der Waals surface area (Å²) in [6.07, 6.45) is 6.64. The average molecular weight is 495 g/mol. The van der Waals surface area contributed by atoms with Gasteiger partial charge in [-0.2, -0.15) is 0 Å². The third-order valence-corrected chi connectivity index (χ3v) is 7.35. The summed E-state index contributed by atoms with van der Waals surface area (Å²) >= 11 is 0. The Labute approximate surface area is 215 Å². The largest absolute Gasteiger partial charge is 0.368 e. The van der Waals surface area contributed by atoms with E-state index in [1.54, 1.807) is 12.5 Å². The summed E-state index contributed by atoms with van der Waals surface area (Å²) in [5.74, 6) is 1.88. The van der Waals surface area contributed by atoms with Crippen LogP contribution in [0.1, 0.15) is 30.5 Å². The number of H-pyrrole nitrogens is 1. The molecule has 1 amide bonds. The van der Waals surface area contributed by atoms with Crippen LogP contribution in [0.15, 0.2) is 55.5 Å². The first-order chi connectivity index (χ1) is 18.0. The SMILES string of the molecule is C=C(c1ccnc(Nc2nc3ccc(-c4cc(C)ncn4)cc3[nH]2)c1)N1CCN(C(=O)C2CCC2)CC1. The van der Waals surface area contributed by atoms with Crippen LogP contribution in [-0.2, 0) is 4.79 Å². The number of pyridine rings is 1. The van der Waals surface area contributed by atoms with Gasteiger partial charge in [0.15, 0.2) is 0 Å². The fourth-order valence-electron chi connectivity index (χ4n) is 4.93. The van der Waals surface area contributed by atoms with Crippen LogP contribution in [-0.4, -0.2) is 66.8 Å². The Morgan fingerprint density at radius 1 is 1.03 bits per heavy atom. The molecular formula is C28H30N8O. The third-order valence-electron chi connectivity index (χ3n) is 7.35. The zero-order chi connectivity index (χ0) is 25.4. The Morgan fingerprint density at radius 2 is 1.84 bits per heavy atom. The Morgan fingerprint density at radius 3 is 2.59 bits per heavy atom. The molecule has 9 nitrogen and oxygen atoms in total. The van der Waals surface area contributed by atoms with Crippen molar-refractivity contribution in [1.82, 2.24) is 34.7 Å². The van der Waals surface area contributed by atoms with E-state index in [1.807, 2.05) is 48.2 Å². The molecule has 1 aliphatic heterocycles. The van der Waals surface area contributed by atoms with Crippen LogP contribution in [0.25, 0.3) is 28.0 Å². The van der Waals surface area contributed by atoms with E-state index in [-0.39, 0.29) is 5.92 Å². The fourth-order valence-corrected chi connectivity index (χ4v) is 4.93. The van der Waals surface area contributed by atoms with Crippen LogP contribution in [0.5, 0.6) is 0 Å². The van der Waals surface area contributed by atoms with Gasteiger partial charge in [-0.25, -0.2) is 19.9 Å². The molecule has 4 heterocycles. The number of carbonyl (C=O) groups is 1. The molecule has 2 aliphatic rings. The van der Waals surface area contributed by atoms with Crippen molar-refractivity contribution in [2.75, 3.05) is 31.5 Å². The molecule has 3 aromatic heterocycles. The van der Waals surface area contributed by atoms with Crippen LogP contribution in [0, 0.1) is 12.8 Å². The molecule has 0 spiro atoms. The van der Waals surface area contributed by atoms with E-state index in [0.717, 1.165) is 78.3 Å². The number of imidazole rings is 1. The lowest BCUT2D eigenvalue weighted by Gasteiger charge is -2.39. The quantitative estimate of drug-likeness (QED) is 0.410. The number of aromatic amines is 1. The Hall–Kier alpha value is -4.27. The van der Waals surface area contributed by atoms with Gasteiger partial charge in [0.25, 0.3) is 0 Å². The van der Waals surface area contributed by atoms with E-state index >= 15 is 0 Å². The smallest absolute Gasteiger partial charge is 0.225 e. The van der Waals surface area contributed by atoms with Crippen molar-refractivity contribution in [2.45, 2.75) is 26.2 Å². The molecule has 0 radical (unpaired) electrons. The van der Waals surface area contributed by atoms with Crippen LogP contribution < -0.4 is 5.32 Å². The summed E-state index contributed by atoms with van der Waals surface area (Å²) < 4.78 is 0. The fraction of sp³-hybridized carbons (Fsp3) is 0.321. The highest BCUT2D eigenvalue weighted by atomic mass is 16.2. The van der Waals surface area contributed by atoms with E-state index in [4.69, 9.17) is 0 Å². The summed E-state index contributed by atoms with van der Waals surface area (Å²) in [6.45, 7) is 9.38. The third kappa shape index (κ3) is 4.76. The average Bonchev–Trinajstić information content (AvgIpc) is 3.29. The van der Waals surface area contributed by atoms with Gasteiger partial charge >= 0.3 is 0 Å². The van der Waals surface area contributed by atoms with Gasteiger partial charge in [0.2, 0.25) is 11.9 Å². The van der Waals surface area contributed by atoms with Crippen molar-refractivity contribution < 1.29 is 4.79 Å². The van der Waals surface area contributed by atoms with Gasteiger partial charge in [0.1, 0.15) is 12.1 Å². The van der Waals surface area contributed by atoms with E-state index in [2.05, 4.69) is 41.7 Å². The number of carbonyl (C=O) groups excluding carboxylic acids is 1. The zero-order valence-corrected chi connectivity index (χ0v) is 20.9. The summed E-state index contributed by atoms with van der Waals surface area (Å²) in [5.41, 5.74) is 6.50. The van der Waals surface area contributed by atoms with E-state index in [9.17, 15) is 4.79 Å². The number of fused-ring (bicyclic) bond motifs is 1. The second kappa shape index (κ2) is 9.65. The number of anilines is 2. The molecule has 9 heteroatoms. The summed E-state index contributed by atoms with van der Waals surface area (Å²) in [7, 11) is 0. The van der Waals surface area contributed by atoms with Gasteiger partial charge in [0.05, 0.1) is 16.7 Å². The number of hydrogen-bond donors (Lipinski definition) is 2. The topological polar surface area (TPSA) is 103 Å². The van der Waals surface area contributed by atoms with Gasteiger partial charge in [-0.3, -0.25) is 4.79 Å². The van der Waals surface area contributed by atoms with Crippen molar-refractivity contribution in [3.05, 3.63) is 66.8 Å². The summed E-state index contributed by atoms with van der Waals surface area (Å²) in [5, 5.41) is 3.29. The molecule has 0 unspecified atom stereocenters. The van der Waals surface area contributed by atoms with Gasteiger partial charge in [0, 0.05) is 60.8 Å². The maximum atomic E-state index is 12.6. The maximum absolute atomic E-state index is 12.6. The van der Waals surface area contributed by atoms with Crippen LogP contribution in [0.4, 0.5) is 11.8 Å². The minimum atomic E-state index is 0.255. The lowest BCUT2D eigenvalue weighted by Crippen LogP contribution is -2.50. The number of piperazine rings is 1. The van der Waals surface area contributed by atoms with Crippen molar-refractivity contribution >= 4 is 34.4 Å². The number of rotatable bonds is 6. The highest BCUT2D eigenvalue weighted by Gasteiger charge is 2.31. The molecule has 188 valence electrons. The predicted octanol–water partition coefficient (Wildman–Crippen LogP) is 4.38. The minimum absolute atomic E-state index is 0.255. The standard InChI is InChI=1S/C28H30N8O/c1-18-14-24(31-17-30-18)22-6-7-23-25(15-22)33-28(32-23)34-26-16-21(8-9-29-26)19(2)35-10-12-36(13-11-35)27(37)20-4-3-5-20/h6-9,14-17,20H,2-5,10-13H2,1H3,(H2,29,32,33,34). The Balaban J connectivity index is 1.13. The molecule has 2 fully saturated rings. The van der Waals surface area contributed by atoms with E-state index in [0.29, 0.717) is 17.7 Å². The molecule has 2 N–H and O–H groups in total. The first-order valence-corrected chi connectivity index (χ1v) is 12.8. The minimum Gasteiger partial charge on any atom is -0.368 e. The van der Waals surface area contributed by atoms with Crippen LogP contribution in [0.2, 0.25) is 0 Å². The summed E-state index contributed by atoms with van der Waals surface area (Å²) in [4.78, 5) is 37.9. The zero-order valence-electron chi connectivity index (χ0n) is 20.9. The summed E-state index contributed by atoms with van der Waals surface area (Å²) in [6, 6.07) is 11.9. The number of hydrogen-bond acceptors (Lipinski definition) is 7. The number of benzene rings is 1. The molecule has 1 aliphatic carbocycles. The highest BCUT2D eigenvalue weighted by molar-refractivity contribution is 5.83. The number of nitrogens with one attached hydrogen (secondary N) is 2. The molecular weight excluding hydrogens is 464 g/mol. The van der Waals surface area contributed by atoms with Crippen molar-refractivity contribution in [2.24, 2.45) is 5.92 Å². The maximum Gasteiger partial charge on any atom is 0.225 e. The van der Waals surface area contributed by atoms with Crippen LogP contribution in [0.3, 0.4) is 0 Å². The van der Waals surface area contributed by atoms with E-state index in [1.165, 1.54) is 6.42 Å². The highest BCUT2D eigenvalue weighted by Crippen LogP contribution is 2.30. The molecule has 37 heavy (non-hydrogen) atoms. The molecule has 1 saturated heterocycles. The van der Waals surface area contributed by atoms with Crippen molar-refractivity contribution in [3.8, 4) is 11.3 Å². The normalized spacial score (nSPS) is 16.0. The van der Waals surface area contributed by atoms with Crippen molar-refractivity contribution in [1.29, 1.82) is 0 Å². The molecule has 0 bridgehead atoms.